The fourth-order valence-corrected chi connectivity index (χ4v) is 4.47. The molecule has 0 aliphatic rings. The van der Waals surface area contributed by atoms with Gasteiger partial charge in [-0.05, 0) is 44.2 Å². The second-order valence-corrected chi connectivity index (χ2v) is 8.99. The molecule has 0 bridgehead atoms. The second-order valence-electron chi connectivity index (χ2n) is 7.67. The molecule has 0 saturated heterocycles. The number of amides is 1. The lowest BCUT2D eigenvalue weighted by atomic mass is 10.1. The van der Waals surface area contributed by atoms with E-state index in [0.29, 0.717) is 40.5 Å². The third-order valence-electron chi connectivity index (χ3n) is 5.34. The fourth-order valence-electron chi connectivity index (χ4n) is 3.77. The van der Waals surface area contributed by atoms with Crippen molar-refractivity contribution in [2.45, 2.75) is 26.5 Å². The van der Waals surface area contributed by atoms with Crippen molar-refractivity contribution in [1.29, 1.82) is 0 Å². The zero-order chi connectivity index (χ0) is 22.9. The number of para-hydroxylation sites is 2. The highest BCUT2D eigenvalue weighted by Crippen LogP contribution is 2.30. The number of aryl methyl sites for hydroxylation is 2. The molecule has 5 aromatic rings. The van der Waals surface area contributed by atoms with Gasteiger partial charge in [-0.15, -0.1) is 11.3 Å². The number of rotatable bonds is 7. The summed E-state index contributed by atoms with van der Waals surface area (Å²) in [6, 6.07) is 12.2. The topological polar surface area (TPSA) is 113 Å². The Bertz CT molecular complexity index is 1420. The van der Waals surface area contributed by atoms with Gasteiger partial charge in [-0.1, -0.05) is 12.1 Å². The molecule has 0 aliphatic heterocycles. The van der Waals surface area contributed by atoms with Crippen LogP contribution in [0.1, 0.15) is 37.9 Å². The zero-order valence-corrected chi connectivity index (χ0v) is 18.9. The van der Waals surface area contributed by atoms with Crippen molar-refractivity contribution in [2.75, 3.05) is 6.61 Å². The maximum atomic E-state index is 13.2. The van der Waals surface area contributed by atoms with E-state index in [2.05, 4.69) is 20.3 Å². The van der Waals surface area contributed by atoms with Gasteiger partial charge < -0.3 is 24.6 Å². The molecule has 3 N–H and O–H groups in total. The van der Waals surface area contributed by atoms with Gasteiger partial charge in [0.2, 0.25) is 0 Å². The van der Waals surface area contributed by atoms with Crippen LogP contribution in [0.25, 0.3) is 22.0 Å². The van der Waals surface area contributed by atoms with Crippen LogP contribution < -0.4 is 10.1 Å². The summed E-state index contributed by atoms with van der Waals surface area (Å²) in [5.74, 6) is 1.24. The summed E-state index contributed by atoms with van der Waals surface area (Å²) in [6.45, 7) is 3.78. The highest BCUT2D eigenvalue weighted by atomic mass is 32.1. The zero-order valence-electron chi connectivity index (χ0n) is 18.1. The van der Waals surface area contributed by atoms with Gasteiger partial charge in [0, 0.05) is 11.6 Å². The molecule has 0 spiro atoms. The quantitative estimate of drug-likeness (QED) is 0.330. The molecular weight excluding hydrogens is 440 g/mol. The Morgan fingerprint density at radius 2 is 2.12 bits per heavy atom. The summed E-state index contributed by atoms with van der Waals surface area (Å²) in [7, 11) is 0. The minimum Gasteiger partial charge on any atom is -0.488 e. The number of carbonyl (C=O) groups is 1. The lowest BCUT2D eigenvalue weighted by Gasteiger charge is -2.14. The van der Waals surface area contributed by atoms with Crippen molar-refractivity contribution in [3.05, 3.63) is 75.7 Å². The van der Waals surface area contributed by atoms with E-state index in [9.17, 15) is 9.90 Å². The molecule has 3 heterocycles. The van der Waals surface area contributed by atoms with Crippen molar-refractivity contribution in [3.63, 3.8) is 0 Å². The average Bonchev–Trinajstić information content (AvgIpc) is 3.51. The normalized spacial score (nSPS) is 12.3. The molecule has 1 unspecified atom stereocenters. The third kappa shape index (κ3) is 4.20. The van der Waals surface area contributed by atoms with Crippen molar-refractivity contribution in [1.82, 2.24) is 20.3 Å². The lowest BCUT2D eigenvalue weighted by molar-refractivity contribution is 0.0913. The molecule has 8 nitrogen and oxygen atoms in total. The first-order valence-electron chi connectivity index (χ1n) is 10.5. The van der Waals surface area contributed by atoms with Gasteiger partial charge in [-0.3, -0.25) is 4.79 Å². The number of nitrogens with zero attached hydrogens (tertiary/aromatic N) is 2. The van der Waals surface area contributed by atoms with Crippen molar-refractivity contribution in [2.24, 2.45) is 0 Å². The minimum atomic E-state index is -0.691. The second kappa shape index (κ2) is 8.68. The summed E-state index contributed by atoms with van der Waals surface area (Å²) in [5.41, 5.74) is 2.59. The van der Waals surface area contributed by atoms with Gasteiger partial charge in [-0.2, -0.15) is 0 Å². The maximum Gasteiger partial charge on any atom is 0.256 e. The molecule has 5 rings (SSSR count). The summed E-state index contributed by atoms with van der Waals surface area (Å²) < 4.78 is 11.7. The van der Waals surface area contributed by atoms with Gasteiger partial charge in [0.05, 0.1) is 33.1 Å². The Hall–Kier alpha value is -3.69. The van der Waals surface area contributed by atoms with Crippen LogP contribution in [0, 0.1) is 13.8 Å². The summed E-state index contributed by atoms with van der Waals surface area (Å²) in [4.78, 5) is 26.1. The number of aliphatic hydroxyl groups is 1. The number of ether oxygens (including phenoxy) is 1. The van der Waals surface area contributed by atoms with Crippen LogP contribution in [0.3, 0.4) is 0 Å². The molecule has 33 heavy (non-hydrogen) atoms. The fraction of sp³-hybridized carbons (Fsp3) is 0.208. The molecule has 0 radical (unpaired) electrons. The van der Waals surface area contributed by atoms with Crippen molar-refractivity contribution in [3.8, 4) is 5.75 Å². The molecule has 0 saturated carbocycles. The summed E-state index contributed by atoms with van der Waals surface area (Å²) >= 11 is 1.58. The average molecular weight is 463 g/mol. The SMILES string of the molecule is Cc1ncc(COc2ccc3oc(C)c(C(=O)NC(CO)c4nc5ccccc5[nH]4)c3c2)s1. The number of carbonyl (C=O) groups excluding carboxylic acids is 1. The number of nitrogens with one attached hydrogen (secondary N) is 2. The van der Waals surface area contributed by atoms with E-state index in [1.165, 1.54) is 0 Å². The molecular formula is C24H22N4O4S. The Kier molecular flexibility index (Phi) is 5.57. The van der Waals surface area contributed by atoms with Crippen LogP contribution >= 0.6 is 11.3 Å². The predicted octanol–water partition coefficient (Wildman–Crippen LogP) is 4.42. The molecule has 3 aromatic heterocycles. The van der Waals surface area contributed by atoms with E-state index in [4.69, 9.17) is 9.15 Å². The summed E-state index contributed by atoms with van der Waals surface area (Å²) in [6.07, 6.45) is 1.80. The van der Waals surface area contributed by atoms with Crippen LogP contribution in [0.4, 0.5) is 0 Å². The Morgan fingerprint density at radius 1 is 1.27 bits per heavy atom. The predicted molar refractivity (Wildman–Crippen MR) is 126 cm³/mol. The van der Waals surface area contributed by atoms with Gasteiger partial charge in [-0.25, -0.2) is 9.97 Å². The molecule has 1 amide bonds. The number of hydrogen-bond acceptors (Lipinski definition) is 7. The van der Waals surface area contributed by atoms with E-state index in [1.54, 1.807) is 36.6 Å². The number of thiazole rings is 1. The van der Waals surface area contributed by atoms with Crippen molar-refractivity contribution >= 4 is 39.2 Å². The Balaban J connectivity index is 1.40. The van der Waals surface area contributed by atoms with Gasteiger partial charge in [0.1, 0.15) is 35.6 Å². The molecule has 1 atom stereocenters. The van der Waals surface area contributed by atoms with Gasteiger partial charge >= 0.3 is 0 Å². The van der Waals surface area contributed by atoms with E-state index < -0.39 is 6.04 Å². The largest absolute Gasteiger partial charge is 0.488 e. The third-order valence-corrected chi connectivity index (χ3v) is 6.22. The first-order valence-corrected chi connectivity index (χ1v) is 11.3. The molecule has 0 aliphatic carbocycles. The van der Waals surface area contributed by atoms with E-state index >= 15 is 0 Å². The molecule has 9 heteroatoms. The van der Waals surface area contributed by atoms with Crippen LogP contribution in [0.5, 0.6) is 5.75 Å². The van der Waals surface area contributed by atoms with Crippen molar-refractivity contribution < 1.29 is 19.1 Å². The van der Waals surface area contributed by atoms with Crippen LogP contribution in [0.15, 0.2) is 53.1 Å². The maximum absolute atomic E-state index is 13.2. The number of aliphatic hydroxyl groups excluding tert-OH is 1. The van der Waals surface area contributed by atoms with Crippen LogP contribution in [-0.2, 0) is 6.61 Å². The molecule has 2 aromatic carbocycles. The monoisotopic (exact) mass is 462 g/mol. The molecule has 0 fully saturated rings. The highest BCUT2D eigenvalue weighted by Gasteiger charge is 2.23. The highest BCUT2D eigenvalue weighted by molar-refractivity contribution is 7.11. The number of fused-ring (bicyclic) bond motifs is 2. The van der Waals surface area contributed by atoms with Gasteiger partial charge in [0.25, 0.3) is 5.91 Å². The first-order chi connectivity index (χ1) is 16.0. The van der Waals surface area contributed by atoms with E-state index in [1.807, 2.05) is 37.3 Å². The Morgan fingerprint density at radius 3 is 2.88 bits per heavy atom. The van der Waals surface area contributed by atoms with E-state index in [-0.39, 0.29) is 12.5 Å². The smallest absolute Gasteiger partial charge is 0.256 e. The number of furan rings is 1. The number of hydrogen-bond donors (Lipinski definition) is 3. The van der Waals surface area contributed by atoms with Gasteiger partial charge in [0.15, 0.2) is 0 Å². The first kappa shape index (κ1) is 21.2. The molecule has 168 valence electrons. The standard InChI is InChI=1S/C24H22N4O4S/c1-13-22(24(30)28-20(11-29)23-26-18-5-3-4-6-19(18)27-23)17-9-15(7-8-21(17)32-13)31-12-16-10-25-14(2)33-16/h3-10,20,29H,11-12H2,1-2H3,(H,26,27)(H,28,30). The number of aromatic amines is 1. The van der Waals surface area contributed by atoms with Crippen LogP contribution in [-0.4, -0.2) is 32.6 Å². The Labute approximate surface area is 193 Å². The number of benzene rings is 2. The number of imidazole rings is 1. The summed E-state index contributed by atoms with van der Waals surface area (Å²) in [5, 5.41) is 14.4. The lowest BCUT2D eigenvalue weighted by Crippen LogP contribution is -2.31. The van der Waals surface area contributed by atoms with E-state index in [0.717, 1.165) is 20.9 Å². The number of aromatic nitrogens is 3. The van der Waals surface area contributed by atoms with Crippen LogP contribution in [0.2, 0.25) is 0 Å². The number of H-pyrrole nitrogens is 1. The minimum absolute atomic E-state index is 0.303.